The second kappa shape index (κ2) is 10.2. The zero-order valence-corrected chi connectivity index (χ0v) is 19.6. The third-order valence-electron chi connectivity index (χ3n) is 5.62. The molecule has 1 fully saturated rings. The minimum atomic E-state index is -3.58. The van der Waals surface area contributed by atoms with Gasteiger partial charge in [-0.15, -0.1) is 0 Å². The van der Waals surface area contributed by atoms with Gasteiger partial charge in [-0.05, 0) is 43.2 Å². The fourth-order valence-corrected chi connectivity index (χ4v) is 5.40. The standard InChI is InChI=1S/C23H28N4O5S/c1-30-20-10-6-5-9-18(20)23-25-22(32-26-23)16-24-19-15-17(11-12-21(19)31-2)33(28,29)27-13-7-3-4-8-14-27/h5-6,9-12,15,24H,3-4,7-8,13-14,16H2,1-2H3. The summed E-state index contributed by atoms with van der Waals surface area (Å²) in [4.78, 5) is 4.66. The molecule has 0 radical (unpaired) electrons. The van der Waals surface area contributed by atoms with Gasteiger partial charge in [0, 0.05) is 13.1 Å². The molecule has 0 aliphatic carbocycles. The SMILES string of the molecule is COc1ccc(S(=O)(=O)N2CCCCCC2)cc1NCc1nc(-c2ccccc2OC)no1. The number of hydrogen-bond donors (Lipinski definition) is 1. The number of anilines is 1. The summed E-state index contributed by atoms with van der Waals surface area (Å²) in [7, 11) is -0.462. The zero-order valence-electron chi connectivity index (χ0n) is 18.8. The van der Waals surface area contributed by atoms with Gasteiger partial charge in [0.25, 0.3) is 0 Å². The van der Waals surface area contributed by atoms with Crippen LogP contribution in [0.2, 0.25) is 0 Å². The van der Waals surface area contributed by atoms with E-state index in [0.29, 0.717) is 42.0 Å². The van der Waals surface area contributed by atoms with Gasteiger partial charge in [0.05, 0.1) is 36.9 Å². The maximum atomic E-state index is 13.2. The molecule has 2 aromatic carbocycles. The van der Waals surface area contributed by atoms with Gasteiger partial charge < -0.3 is 19.3 Å². The number of nitrogens with one attached hydrogen (secondary N) is 1. The number of methoxy groups -OCH3 is 2. The lowest BCUT2D eigenvalue weighted by atomic mass is 10.2. The van der Waals surface area contributed by atoms with Crippen LogP contribution in [0.25, 0.3) is 11.4 Å². The van der Waals surface area contributed by atoms with Crippen LogP contribution in [0.4, 0.5) is 5.69 Å². The predicted octanol–water partition coefficient (Wildman–Crippen LogP) is 3.93. The van der Waals surface area contributed by atoms with Crippen LogP contribution in [0.1, 0.15) is 31.6 Å². The first-order valence-electron chi connectivity index (χ1n) is 10.9. The Hall–Kier alpha value is -3.11. The van der Waals surface area contributed by atoms with Gasteiger partial charge in [0.1, 0.15) is 11.5 Å². The topological polar surface area (TPSA) is 107 Å². The van der Waals surface area contributed by atoms with Gasteiger partial charge in [-0.25, -0.2) is 8.42 Å². The van der Waals surface area contributed by atoms with Crippen molar-refractivity contribution in [3.05, 3.63) is 48.4 Å². The Morgan fingerprint density at radius 2 is 1.73 bits per heavy atom. The maximum absolute atomic E-state index is 13.2. The molecule has 3 aromatic rings. The fourth-order valence-electron chi connectivity index (χ4n) is 3.85. The Bertz CT molecular complexity index is 1190. The summed E-state index contributed by atoms with van der Waals surface area (Å²) in [6.45, 7) is 1.29. The summed E-state index contributed by atoms with van der Waals surface area (Å²) in [5, 5.41) is 7.20. The molecule has 0 atom stereocenters. The molecule has 176 valence electrons. The van der Waals surface area contributed by atoms with E-state index in [2.05, 4.69) is 15.5 Å². The maximum Gasteiger partial charge on any atom is 0.246 e. The van der Waals surface area contributed by atoms with Crippen LogP contribution in [0.15, 0.2) is 51.9 Å². The van der Waals surface area contributed by atoms with Crippen LogP contribution in [0.5, 0.6) is 11.5 Å². The second-order valence-corrected chi connectivity index (χ2v) is 9.68. The molecular weight excluding hydrogens is 444 g/mol. The largest absolute Gasteiger partial charge is 0.496 e. The van der Waals surface area contributed by atoms with Crippen LogP contribution in [0, 0.1) is 0 Å². The van der Waals surface area contributed by atoms with E-state index >= 15 is 0 Å². The van der Waals surface area contributed by atoms with E-state index < -0.39 is 10.0 Å². The highest BCUT2D eigenvalue weighted by molar-refractivity contribution is 7.89. The summed E-state index contributed by atoms with van der Waals surface area (Å²) in [5.74, 6) is 1.92. The first-order valence-corrected chi connectivity index (χ1v) is 12.3. The molecule has 33 heavy (non-hydrogen) atoms. The second-order valence-electron chi connectivity index (χ2n) is 7.75. The molecule has 0 unspecified atom stereocenters. The molecule has 4 rings (SSSR count). The number of rotatable bonds is 8. The van der Waals surface area contributed by atoms with E-state index in [1.165, 1.54) is 7.11 Å². The minimum Gasteiger partial charge on any atom is -0.496 e. The average Bonchev–Trinajstić information content (AvgIpc) is 3.13. The highest BCUT2D eigenvalue weighted by atomic mass is 32.2. The number of sulfonamides is 1. The van der Waals surface area contributed by atoms with Crippen LogP contribution < -0.4 is 14.8 Å². The molecule has 1 saturated heterocycles. The van der Waals surface area contributed by atoms with Crippen molar-refractivity contribution in [2.45, 2.75) is 37.1 Å². The lowest BCUT2D eigenvalue weighted by Gasteiger charge is -2.21. The smallest absolute Gasteiger partial charge is 0.246 e. The van der Waals surface area contributed by atoms with Gasteiger partial charge in [-0.2, -0.15) is 9.29 Å². The monoisotopic (exact) mass is 472 g/mol. The van der Waals surface area contributed by atoms with Crippen molar-refractivity contribution < 1.29 is 22.4 Å². The Balaban J connectivity index is 1.53. The fraction of sp³-hybridized carbons (Fsp3) is 0.391. The Morgan fingerprint density at radius 3 is 2.45 bits per heavy atom. The summed E-state index contributed by atoms with van der Waals surface area (Å²) in [6.07, 6.45) is 3.88. The van der Waals surface area contributed by atoms with Crippen molar-refractivity contribution in [1.29, 1.82) is 0 Å². The van der Waals surface area contributed by atoms with Crippen molar-refractivity contribution in [1.82, 2.24) is 14.4 Å². The number of nitrogens with zero attached hydrogens (tertiary/aromatic N) is 3. The van der Waals surface area contributed by atoms with Gasteiger partial charge in [0.2, 0.25) is 21.7 Å². The van der Waals surface area contributed by atoms with Gasteiger partial charge in [-0.3, -0.25) is 0 Å². The van der Waals surface area contributed by atoms with Crippen molar-refractivity contribution in [2.24, 2.45) is 0 Å². The third kappa shape index (κ3) is 5.12. The van der Waals surface area contributed by atoms with E-state index in [1.807, 2.05) is 24.3 Å². The Labute approximate surface area is 193 Å². The average molecular weight is 473 g/mol. The van der Waals surface area contributed by atoms with E-state index in [1.54, 1.807) is 29.6 Å². The molecule has 0 spiro atoms. The molecule has 9 nitrogen and oxygen atoms in total. The van der Waals surface area contributed by atoms with Gasteiger partial charge in [0.15, 0.2) is 0 Å². The lowest BCUT2D eigenvalue weighted by molar-refractivity contribution is 0.382. The third-order valence-corrected chi connectivity index (χ3v) is 7.51. The van der Waals surface area contributed by atoms with Crippen LogP contribution in [0.3, 0.4) is 0 Å². The molecule has 1 aromatic heterocycles. The van der Waals surface area contributed by atoms with Crippen molar-refractivity contribution in [3.63, 3.8) is 0 Å². The number of benzene rings is 2. The van der Waals surface area contributed by atoms with E-state index in [9.17, 15) is 8.42 Å². The number of ether oxygens (including phenoxy) is 2. The van der Waals surface area contributed by atoms with E-state index in [0.717, 1.165) is 31.2 Å². The number of para-hydroxylation sites is 1. The van der Waals surface area contributed by atoms with Crippen molar-refractivity contribution >= 4 is 15.7 Å². The molecule has 0 saturated carbocycles. The van der Waals surface area contributed by atoms with Crippen molar-refractivity contribution in [3.8, 4) is 22.9 Å². The Morgan fingerprint density at radius 1 is 1.00 bits per heavy atom. The lowest BCUT2D eigenvalue weighted by Crippen LogP contribution is -2.32. The van der Waals surface area contributed by atoms with Gasteiger partial charge >= 0.3 is 0 Å². The summed E-state index contributed by atoms with van der Waals surface area (Å²) in [6, 6.07) is 12.2. The molecule has 1 aliphatic rings. The van der Waals surface area contributed by atoms with Crippen LogP contribution in [-0.4, -0.2) is 50.2 Å². The first kappa shape index (κ1) is 23.1. The van der Waals surface area contributed by atoms with E-state index in [-0.39, 0.29) is 11.4 Å². The van der Waals surface area contributed by atoms with Crippen LogP contribution >= 0.6 is 0 Å². The van der Waals surface area contributed by atoms with Crippen LogP contribution in [-0.2, 0) is 16.6 Å². The molecule has 10 heteroatoms. The first-order chi connectivity index (χ1) is 16.0. The Kier molecular flexibility index (Phi) is 7.14. The molecule has 1 aliphatic heterocycles. The molecule has 2 heterocycles. The summed E-state index contributed by atoms with van der Waals surface area (Å²) in [5.41, 5.74) is 1.25. The normalized spacial score (nSPS) is 15.1. The molecule has 0 bridgehead atoms. The van der Waals surface area contributed by atoms with E-state index in [4.69, 9.17) is 14.0 Å². The minimum absolute atomic E-state index is 0.200. The quantitative estimate of drug-likeness (QED) is 0.526. The van der Waals surface area contributed by atoms with Gasteiger partial charge in [-0.1, -0.05) is 30.1 Å². The highest BCUT2D eigenvalue weighted by Crippen LogP contribution is 2.31. The van der Waals surface area contributed by atoms with Crippen molar-refractivity contribution in [2.75, 3.05) is 32.6 Å². The molecule has 1 N–H and O–H groups in total. The number of aromatic nitrogens is 2. The molecular formula is C23H28N4O5S. The molecule has 0 amide bonds. The summed E-state index contributed by atoms with van der Waals surface area (Å²) >= 11 is 0. The zero-order chi connectivity index (χ0) is 23.3. The summed E-state index contributed by atoms with van der Waals surface area (Å²) < 4.78 is 44.1. The highest BCUT2D eigenvalue weighted by Gasteiger charge is 2.26. The predicted molar refractivity (Wildman–Crippen MR) is 124 cm³/mol. The number of hydrogen-bond acceptors (Lipinski definition) is 8.